The molecular formula is C9H16N6O. The van der Waals surface area contributed by atoms with Gasteiger partial charge in [0, 0.05) is 27.1 Å². The van der Waals surface area contributed by atoms with Gasteiger partial charge in [0.05, 0.1) is 12.4 Å². The Morgan fingerprint density at radius 2 is 2.12 bits per heavy atom. The Morgan fingerprint density at radius 1 is 1.44 bits per heavy atom. The molecule has 7 heteroatoms. The Bertz CT molecular complexity index is 354. The molecule has 0 spiro atoms. The normalized spacial score (nSPS) is 9.69. The van der Waals surface area contributed by atoms with Crippen LogP contribution in [0.15, 0.2) is 12.4 Å². The van der Waals surface area contributed by atoms with E-state index in [0.29, 0.717) is 24.6 Å². The standard InChI is InChI=1S/C9H16N6O/c1-15(2)9(16)3-4-12-7-5-11-6-8(13-7)14-10/h5-6H,3-4,10H2,1-2H3,(H2,12,13,14). The van der Waals surface area contributed by atoms with Crippen molar-refractivity contribution in [1.82, 2.24) is 14.9 Å². The minimum Gasteiger partial charge on any atom is -0.368 e. The number of rotatable bonds is 5. The summed E-state index contributed by atoms with van der Waals surface area (Å²) in [5.41, 5.74) is 2.40. The van der Waals surface area contributed by atoms with E-state index in [1.54, 1.807) is 25.2 Å². The minimum absolute atomic E-state index is 0.0635. The van der Waals surface area contributed by atoms with Gasteiger partial charge in [-0.05, 0) is 0 Å². The summed E-state index contributed by atoms with van der Waals surface area (Å²) < 4.78 is 0. The summed E-state index contributed by atoms with van der Waals surface area (Å²) in [5, 5.41) is 2.99. The van der Waals surface area contributed by atoms with E-state index >= 15 is 0 Å². The summed E-state index contributed by atoms with van der Waals surface area (Å²) in [5.74, 6) is 6.32. The molecule has 0 unspecified atom stereocenters. The lowest BCUT2D eigenvalue weighted by atomic mass is 10.4. The van der Waals surface area contributed by atoms with Crippen molar-refractivity contribution < 1.29 is 4.79 Å². The van der Waals surface area contributed by atoms with Gasteiger partial charge >= 0.3 is 0 Å². The molecule has 0 saturated carbocycles. The third kappa shape index (κ3) is 3.70. The lowest BCUT2D eigenvalue weighted by Gasteiger charge is -2.10. The molecule has 0 aliphatic carbocycles. The van der Waals surface area contributed by atoms with E-state index in [4.69, 9.17) is 5.84 Å². The second-order valence-corrected chi connectivity index (χ2v) is 3.40. The number of nitrogens with two attached hydrogens (primary N) is 1. The Hall–Kier alpha value is -1.89. The predicted octanol–water partition coefficient (Wildman–Crippen LogP) is -0.348. The summed E-state index contributed by atoms with van der Waals surface area (Å²) in [4.78, 5) is 20.8. The number of hydrogen-bond acceptors (Lipinski definition) is 6. The molecule has 16 heavy (non-hydrogen) atoms. The maximum atomic E-state index is 11.3. The molecule has 1 aromatic heterocycles. The SMILES string of the molecule is CN(C)C(=O)CCNc1cncc(NN)n1. The molecule has 0 radical (unpaired) electrons. The number of hydrazine groups is 1. The minimum atomic E-state index is 0.0635. The fraction of sp³-hybridized carbons (Fsp3) is 0.444. The highest BCUT2D eigenvalue weighted by atomic mass is 16.2. The largest absolute Gasteiger partial charge is 0.368 e. The van der Waals surface area contributed by atoms with Crippen LogP contribution in [0.2, 0.25) is 0 Å². The van der Waals surface area contributed by atoms with Gasteiger partial charge in [0.2, 0.25) is 5.91 Å². The molecule has 0 bridgehead atoms. The lowest BCUT2D eigenvalue weighted by Crippen LogP contribution is -2.24. The van der Waals surface area contributed by atoms with Gasteiger partial charge in [0.1, 0.15) is 5.82 Å². The van der Waals surface area contributed by atoms with Crippen LogP contribution in [0, 0.1) is 0 Å². The molecule has 1 heterocycles. The Morgan fingerprint density at radius 3 is 2.75 bits per heavy atom. The Balaban J connectivity index is 2.40. The van der Waals surface area contributed by atoms with Gasteiger partial charge in [-0.25, -0.2) is 10.8 Å². The van der Waals surface area contributed by atoms with Crippen molar-refractivity contribution in [1.29, 1.82) is 0 Å². The number of nitrogen functional groups attached to an aromatic ring is 1. The third-order valence-electron chi connectivity index (χ3n) is 1.93. The molecule has 1 rings (SSSR count). The third-order valence-corrected chi connectivity index (χ3v) is 1.93. The molecule has 0 aromatic carbocycles. The van der Waals surface area contributed by atoms with Gasteiger partial charge in [-0.1, -0.05) is 0 Å². The predicted molar refractivity (Wildman–Crippen MR) is 61.6 cm³/mol. The number of carbonyl (C=O) groups is 1. The van der Waals surface area contributed by atoms with E-state index in [9.17, 15) is 4.79 Å². The fourth-order valence-electron chi connectivity index (χ4n) is 1.04. The zero-order chi connectivity index (χ0) is 12.0. The quantitative estimate of drug-likeness (QED) is 0.467. The topological polar surface area (TPSA) is 96.2 Å². The van der Waals surface area contributed by atoms with Crippen LogP contribution in [0.5, 0.6) is 0 Å². The highest BCUT2D eigenvalue weighted by Crippen LogP contribution is 2.04. The molecule has 1 amide bonds. The van der Waals surface area contributed by atoms with Crippen molar-refractivity contribution in [2.75, 3.05) is 31.4 Å². The monoisotopic (exact) mass is 224 g/mol. The number of nitrogens with one attached hydrogen (secondary N) is 2. The van der Waals surface area contributed by atoms with Gasteiger partial charge < -0.3 is 15.6 Å². The maximum absolute atomic E-state index is 11.3. The van der Waals surface area contributed by atoms with Crippen LogP contribution in [-0.2, 0) is 4.79 Å². The van der Waals surface area contributed by atoms with Crippen molar-refractivity contribution in [3.05, 3.63) is 12.4 Å². The van der Waals surface area contributed by atoms with E-state index in [0.717, 1.165) is 0 Å². The molecule has 0 atom stereocenters. The summed E-state index contributed by atoms with van der Waals surface area (Å²) in [7, 11) is 3.45. The van der Waals surface area contributed by atoms with Crippen LogP contribution >= 0.6 is 0 Å². The van der Waals surface area contributed by atoms with Gasteiger partial charge in [-0.2, -0.15) is 0 Å². The van der Waals surface area contributed by atoms with Gasteiger partial charge in [-0.3, -0.25) is 9.78 Å². The maximum Gasteiger partial charge on any atom is 0.223 e. The van der Waals surface area contributed by atoms with Crippen molar-refractivity contribution in [3.8, 4) is 0 Å². The molecule has 88 valence electrons. The van der Waals surface area contributed by atoms with Crippen LogP contribution < -0.4 is 16.6 Å². The van der Waals surface area contributed by atoms with E-state index in [1.807, 2.05) is 0 Å². The van der Waals surface area contributed by atoms with Gasteiger partial charge in [0.25, 0.3) is 0 Å². The van der Waals surface area contributed by atoms with E-state index in [2.05, 4.69) is 20.7 Å². The number of aromatic nitrogens is 2. The van der Waals surface area contributed by atoms with E-state index in [1.165, 1.54) is 6.20 Å². The molecule has 4 N–H and O–H groups in total. The first-order valence-electron chi connectivity index (χ1n) is 4.86. The molecule has 0 saturated heterocycles. The van der Waals surface area contributed by atoms with Crippen LogP contribution in [0.25, 0.3) is 0 Å². The lowest BCUT2D eigenvalue weighted by molar-refractivity contribution is -0.128. The summed E-state index contributed by atoms with van der Waals surface area (Å²) in [6, 6.07) is 0. The summed E-state index contributed by atoms with van der Waals surface area (Å²) in [6.45, 7) is 0.514. The first-order chi connectivity index (χ1) is 7.63. The van der Waals surface area contributed by atoms with Crippen LogP contribution in [0.1, 0.15) is 6.42 Å². The summed E-state index contributed by atoms with van der Waals surface area (Å²) in [6.07, 6.45) is 3.49. The van der Waals surface area contributed by atoms with Crippen molar-refractivity contribution in [2.45, 2.75) is 6.42 Å². The highest BCUT2D eigenvalue weighted by Gasteiger charge is 2.03. The summed E-state index contributed by atoms with van der Waals surface area (Å²) >= 11 is 0. The fourth-order valence-corrected chi connectivity index (χ4v) is 1.04. The number of nitrogens with zero attached hydrogens (tertiary/aromatic N) is 3. The van der Waals surface area contributed by atoms with E-state index in [-0.39, 0.29) is 5.91 Å². The second-order valence-electron chi connectivity index (χ2n) is 3.40. The molecular weight excluding hydrogens is 208 g/mol. The second kappa shape index (κ2) is 5.86. The Kier molecular flexibility index (Phi) is 4.46. The highest BCUT2D eigenvalue weighted by molar-refractivity contribution is 5.76. The van der Waals surface area contributed by atoms with Crippen molar-refractivity contribution in [3.63, 3.8) is 0 Å². The molecule has 0 aliphatic rings. The first kappa shape index (κ1) is 12.2. The number of amides is 1. The van der Waals surface area contributed by atoms with Crippen LogP contribution in [-0.4, -0.2) is 41.4 Å². The van der Waals surface area contributed by atoms with Crippen LogP contribution in [0.4, 0.5) is 11.6 Å². The first-order valence-corrected chi connectivity index (χ1v) is 4.86. The number of carbonyl (C=O) groups excluding carboxylic acids is 1. The van der Waals surface area contributed by atoms with Crippen LogP contribution in [0.3, 0.4) is 0 Å². The smallest absolute Gasteiger partial charge is 0.223 e. The zero-order valence-electron chi connectivity index (χ0n) is 9.40. The average Bonchev–Trinajstić information content (AvgIpc) is 2.29. The Labute approximate surface area is 94.0 Å². The number of hydrogen-bond donors (Lipinski definition) is 3. The number of anilines is 2. The molecule has 0 fully saturated rings. The molecule has 1 aromatic rings. The van der Waals surface area contributed by atoms with Crippen molar-refractivity contribution in [2.24, 2.45) is 5.84 Å². The van der Waals surface area contributed by atoms with E-state index < -0.39 is 0 Å². The van der Waals surface area contributed by atoms with Gasteiger partial charge in [0.15, 0.2) is 5.82 Å². The van der Waals surface area contributed by atoms with Gasteiger partial charge in [-0.15, -0.1) is 0 Å². The molecule has 0 aliphatic heterocycles. The molecule has 7 nitrogen and oxygen atoms in total. The average molecular weight is 224 g/mol. The van der Waals surface area contributed by atoms with Crippen molar-refractivity contribution >= 4 is 17.5 Å². The zero-order valence-corrected chi connectivity index (χ0v) is 9.40.